The number of H-pyrrole nitrogens is 1. The van der Waals surface area contributed by atoms with Crippen LogP contribution in [0, 0.1) is 18.6 Å². The first kappa shape index (κ1) is 9.98. The third-order valence-electron chi connectivity index (χ3n) is 2.19. The molecule has 0 amide bonds. The summed E-state index contributed by atoms with van der Waals surface area (Å²) in [6.45, 7) is 4.00. The van der Waals surface area contributed by atoms with Gasteiger partial charge >= 0.3 is 0 Å². The maximum absolute atomic E-state index is 5.04. The van der Waals surface area contributed by atoms with Crippen LogP contribution >= 0.6 is 12.2 Å². The molecule has 0 bridgehead atoms. The molecule has 0 aromatic carbocycles. The summed E-state index contributed by atoms with van der Waals surface area (Å²) in [7, 11) is 0. The number of aromatic nitrogens is 3. The first-order valence-corrected chi connectivity index (χ1v) is 5.06. The van der Waals surface area contributed by atoms with Gasteiger partial charge in [-0.15, -0.1) is 0 Å². The minimum atomic E-state index is 0.508. The quantitative estimate of drug-likeness (QED) is 0.747. The summed E-state index contributed by atoms with van der Waals surface area (Å²) >= 11 is 5.04. The molecular formula is C11H11N3S. The van der Waals surface area contributed by atoms with E-state index >= 15 is 0 Å². The molecule has 2 aromatic rings. The van der Waals surface area contributed by atoms with Gasteiger partial charge in [-0.25, -0.2) is 4.98 Å². The standard InChI is InChI=1S/C11H11N3S/c1-7-3-4-12-6-9(7)10-5-8(2)13-11(15)14-10/h3-6H,1-2H3,(H,13,14,15). The highest BCUT2D eigenvalue weighted by molar-refractivity contribution is 7.71. The molecule has 0 spiro atoms. The second-order valence-corrected chi connectivity index (χ2v) is 3.83. The Kier molecular flexibility index (Phi) is 2.60. The molecule has 15 heavy (non-hydrogen) atoms. The molecule has 0 aliphatic carbocycles. The minimum absolute atomic E-state index is 0.508. The van der Waals surface area contributed by atoms with Crippen molar-refractivity contribution in [1.82, 2.24) is 15.0 Å². The van der Waals surface area contributed by atoms with Crippen LogP contribution in [0.15, 0.2) is 24.5 Å². The van der Waals surface area contributed by atoms with E-state index in [1.54, 1.807) is 6.20 Å². The van der Waals surface area contributed by atoms with Crippen LogP contribution in [0.5, 0.6) is 0 Å². The number of rotatable bonds is 1. The van der Waals surface area contributed by atoms with Crippen molar-refractivity contribution in [3.63, 3.8) is 0 Å². The maximum Gasteiger partial charge on any atom is 0.197 e. The van der Waals surface area contributed by atoms with Gasteiger partial charge in [0, 0.05) is 23.7 Å². The third kappa shape index (κ3) is 2.10. The van der Waals surface area contributed by atoms with Crippen LogP contribution in [0.25, 0.3) is 11.3 Å². The molecule has 0 fully saturated rings. The lowest BCUT2D eigenvalue weighted by Crippen LogP contribution is -1.92. The fourth-order valence-electron chi connectivity index (χ4n) is 1.45. The topological polar surface area (TPSA) is 41.6 Å². The molecule has 2 heterocycles. The number of hydrogen-bond donors (Lipinski definition) is 1. The van der Waals surface area contributed by atoms with E-state index in [1.165, 1.54) is 0 Å². The SMILES string of the molecule is Cc1cc(-c2cnccc2C)nc(=S)[nH]1. The highest BCUT2D eigenvalue weighted by atomic mass is 32.1. The third-order valence-corrected chi connectivity index (χ3v) is 2.39. The van der Waals surface area contributed by atoms with Gasteiger partial charge in [0.2, 0.25) is 0 Å². The second kappa shape index (κ2) is 3.90. The lowest BCUT2D eigenvalue weighted by molar-refractivity contribution is 1.07. The number of hydrogen-bond acceptors (Lipinski definition) is 3. The van der Waals surface area contributed by atoms with E-state index < -0.39 is 0 Å². The number of nitrogens with one attached hydrogen (secondary N) is 1. The molecule has 4 heteroatoms. The fourth-order valence-corrected chi connectivity index (χ4v) is 1.71. The predicted octanol–water partition coefficient (Wildman–Crippen LogP) is 2.82. The van der Waals surface area contributed by atoms with Gasteiger partial charge in [0.25, 0.3) is 0 Å². The van der Waals surface area contributed by atoms with Crippen molar-refractivity contribution >= 4 is 12.2 Å². The number of nitrogens with zero attached hydrogens (tertiary/aromatic N) is 2. The number of pyridine rings is 1. The molecule has 0 aliphatic rings. The molecule has 0 aliphatic heterocycles. The van der Waals surface area contributed by atoms with Crippen molar-refractivity contribution in [3.8, 4) is 11.3 Å². The zero-order valence-electron chi connectivity index (χ0n) is 8.61. The molecule has 0 saturated carbocycles. The first-order chi connectivity index (χ1) is 7.16. The Hall–Kier alpha value is -1.55. The van der Waals surface area contributed by atoms with Gasteiger partial charge in [-0.05, 0) is 43.8 Å². The first-order valence-electron chi connectivity index (χ1n) is 4.66. The van der Waals surface area contributed by atoms with Crippen molar-refractivity contribution < 1.29 is 0 Å². The van der Waals surface area contributed by atoms with E-state index in [0.29, 0.717) is 4.77 Å². The maximum atomic E-state index is 5.04. The molecule has 0 atom stereocenters. The van der Waals surface area contributed by atoms with E-state index in [2.05, 4.69) is 15.0 Å². The summed E-state index contributed by atoms with van der Waals surface area (Å²) in [6.07, 6.45) is 3.58. The number of aromatic amines is 1. The number of aryl methyl sites for hydroxylation is 2. The van der Waals surface area contributed by atoms with Crippen molar-refractivity contribution in [1.29, 1.82) is 0 Å². The molecule has 0 radical (unpaired) electrons. The van der Waals surface area contributed by atoms with Crippen LogP contribution in [0.4, 0.5) is 0 Å². The zero-order valence-corrected chi connectivity index (χ0v) is 9.43. The predicted molar refractivity (Wildman–Crippen MR) is 62.1 cm³/mol. The van der Waals surface area contributed by atoms with Crippen molar-refractivity contribution in [3.05, 3.63) is 40.6 Å². The highest BCUT2D eigenvalue weighted by Gasteiger charge is 2.03. The van der Waals surface area contributed by atoms with Crippen LogP contribution in [-0.4, -0.2) is 15.0 Å². The van der Waals surface area contributed by atoms with Gasteiger partial charge in [0.15, 0.2) is 4.77 Å². The molecule has 0 saturated heterocycles. The van der Waals surface area contributed by atoms with Crippen molar-refractivity contribution in [2.24, 2.45) is 0 Å². The molecule has 3 nitrogen and oxygen atoms in total. The van der Waals surface area contributed by atoms with E-state index in [0.717, 1.165) is 22.5 Å². The summed E-state index contributed by atoms with van der Waals surface area (Å²) in [5.74, 6) is 0. The van der Waals surface area contributed by atoms with E-state index in [4.69, 9.17) is 12.2 Å². The van der Waals surface area contributed by atoms with Crippen LogP contribution in [0.1, 0.15) is 11.3 Å². The van der Waals surface area contributed by atoms with Gasteiger partial charge in [-0.3, -0.25) is 4.98 Å². The van der Waals surface area contributed by atoms with Crippen LogP contribution in [-0.2, 0) is 0 Å². The van der Waals surface area contributed by atoms with Crippen LogP contribution in [0.2, 0.25) is 0 Å². The van der Waals surface area contributed by atoms with Gasteiger partial charge in [-0.2, -0.15) is 0 Å². The normalized spacial score (nSPS) is 10.3. The summed E-state index contributed by atoms with van der Waals surface area (Å²) in [6, 6.07) is 3.94. The Labute approximate surface area is 93.2 Å². The lowest BCUT2D eigenvalue weighted by atomic mass is 10.1. The molecule has 1 N–H and O–H groups in total. The van der Waals surface area contributed by atoms with Gasteiger partial charge in [0.05, 0.1) is 5.69 Å². The second-order valence-electron chi connectivity index (χ2n) is 3.45. The van der Waals surface area contributed by atoms with Crippen LogP contribution in [0.3, 0.4) is 0 Å². The zero-order chi connectivity index (χ0) is 10.8. The monoisotopic (exact) mass is 217 g/mol. The largest absolute Gasteiger partial charge is 0.335 e. The fraction of sp³-hybridized carbons (Fsp3) is 0.182. The summed E-state index contributed by atoms with van der Waals surface area (Å²) in [5.41, 5.74) is 4.06. The van der Waals surface area contributed by atoms with Gasteiger partial charge < -0.3 is 4.98 Å². The molecular weight excluding hydrogens is 206 g/mol. The lowest BCUT2D eigenvalue weighted by Gasteiger charge is -2.04. The summed E-state index contributed by atoms with van der Waals surface area (Å²) < 4.78 is 0.508. The van der Waals surface area contributed by atoms with E-state index in [9.17, 15) is 0 Å². The Morgan fingerprint density at radius 2 is 2.13 bits per heavy atom. The highest BCUT2D eigenvalue weighted by Crippen LogP contribution is 2.19. The molecule has 2 rings (SSSR count). The average Bonchev–Trinajstić information content (AvgIpc) is 2.16. The van der Waals surface area contributed by atoms with Gasteiger partial charge in [-0.1, -0.05) is 0 Å². The van der Waals surface area contributed by atoms with E-state index in [-0.39, 0.29) is 0 Å². The molecule has 0 unspecified atom stereocenters. The summed E-state index contributed by atoms with van der Waals surface area (Å²) in [5, 5.41) is 0. The molecule has 2 aromatic heterocycles. The Morgan fingerprint density at radius 3 is 2.80 bits per heavy atom. The Morgan fingerprint density at radius 1 is 1.33 bits per heavy atom. The van der Waals surface area contributed by atoms with Crippen molar-refractivity contribution in [2.45, 2.75) is 13.8 Å². The minimum Gasteiger partial charge on any atom is -0.335 e. The van der Waals surface area contributed by atoms with Gasteiger partial charge in [0.1, 0.15) is 0 Å². The van der Waals surface area contributed by atoms with Crippen molar-refractivity contribution in [2.75, 3.05) is 0 Å². The smallest absolute Gasteiger partial charge is 0.197 e. The Bertz CT molecular complexity index is 546. The Balaban J connectivity index is 2.64. The summed E-state index contributed by atoms with van der Waals surface area (Å²) in [4.78, 5) is 11.4. The molecule has 76 valence electrons. The average molecular weight is 217 g/mol. The van der Waals surface area contributed by atoms with Crippen LogP contribution < -0.4 is 0 Å². The van der Waals surface area contributed by atoms with E-state index in [1.807, 2.05) is 32.2 Å².